The van der Waals surface area contributed by atoms with Gasteiger partial charge in [-0.15, -0.1) is 6.42 Å². The number of piperazine rings is 1. The fourth-order valence-corrected chi connectivity index (χ4v) is 4.33. The molecule has 0 radical (unpaired) electrons. The van der Waals surface area contributed by atoms with Crippen LogP contribution in [-0.2, 0) is 11.2 Å². The summed E-state index contributed by atoms with van der Waals surface area (Å²) in [6.45, 7) is 10.4. The molecular weight excluding hydrogens is 410 g/mol. The van der Waals surface area contributed by atoms with Crippen LogP contribution < -0.4 is 5.32 Å². The molecule has 170 valence electrons. The van der Waals surface area contributed by atoms with E-state index in [0.29, 0.717) is 18.3 Å². The summed E-state index contributed by atoms with van der Waals surface area (Å²) >= 11 is 0. The quantitative estimate of drug-likeness (QED) is 0.562. The van der Waals surface area contributed by atoms with Crippen LogP contribution in [0.5, 0.6) is 0 Å². The number of fused-ring (bicyclic) bond motifs is 1. The van der Waals surface area contributed by atoms with Gasteiger partial charge in [0.1, 0.15) is 12.1 Å². The second kappa shape index (κ2) is 10.1. The maximum Gasteiger partial charge on any atom is 0.154 e. The Morgan fingerprint density at radius 3 is 2.55 bits per heavy atom. The van der Waals surface area contributed by atoms with Gasteiger partial charge in [-0.25, -0.2) is 9.97 Å². The minimum atomic E-state index is -0.0915. The number of carbonyl (C=O) groups is 1. The van der Waals surface area contributed by atoms with Crippen molar-refractivity contribution in [1.82, 2.24) is 19.8 Å². The van der Waals surface area contributed by atoms with Gasteiger partial charge in [-0.1, -0.05) is 18.1 Å². The molecule has 4 rings (SSSR count). The van der Waals surface area contributed by atoms with Crippen LogP contribution >= 0.6 is 0 Å². The van der Waals surface area contributed by atoms with Crippen LogP contribution in [0.4, 0.5) is 11.5 Å². The molecule has 1 atom stereocenters. The molecule has 6 nitrogen and oxygen atoms in total. The van der Waals surface area contributed by atoms with E-state index in [4.69, 9.17) is 6.42 Å². The summed E-state index contributed by atoms with van der Waals surface area (Å²) in [5, 5.41) is 4.23. The fourth-order valence-electron chi connectivity index (χ4n) is 4.33. The van der Waals surface area contributed by atoms with Gasteiger partial charge in [0.05, 0.1) is 11.6 Å². The highest BCUT2D eigenvalue weighted by atomic mass is 16.1. The van der Waals surface area contributed by atoms with Crippen molar-refractivity contribution in [2.24, 2.45) is 0 Å². The average Bonchev–Trinajstić information content (AvgIpc) is 2.84. The third-order valence-electron chi connectivity index (χ3n) is 6.46. The molecule has 2 aromatic carbocycles. The molecule has 0 saturated carbocycles. The van der Waals surface area contributed by atoms with Crippen LogP contribution in [-0.4, -0.2) is 63.8 Å². The van der Waals surface area contributed by atoms with Gasteiger partial charge in [0, 0.05) is 55.3 Å². The minimum absolute atomic E-state index is 0.0915. The summed E-state index contributed by atoms with van der Waals surface area (Å²) in [6, 6.07) is 14.1. The van der Waals surface area contributed by atoms with Crippen molar-refractivity contribution >= 4 is 28.2 Å². The maximum atomic E-state index is 13.1. The predicted molar refractivity (Wildman–Crippen MR) is 134 cm³/mol. The van der Waals surface area contributed by atoms with Crippen molar-refractivity contribution in [3.8, 4) is 12.3 Å². The first-order valence-corrected chi connectivity index (χ1v) is 11.5. The lowest BCUT2D eigenvalue weighted by atomic mass is 10.0. The number of carbonyl (C=O) groups excluding carboxylic acids is 1. The third kappa shape index (κ3) is 5.39. The number of ketones is 1. The molecule has 6 heteroatoms. The highest BCUT2D eigenvalue weighted by molar-refractivity contribution is 5.92. The van der Waals surface area contributed by atoms with E-state index in [9.17, 15) is 4.79 Å². The number of hydrogen-bond donors (Lipinski definition) is 1. The summed E-state index contributed by atoms with van der Waals surface area (Å²) in [7, 11) is 0. The normalized spacial score (nSPS) is 16.0. The van der Waals surface area contributed by atoms with Gasteiger partial charge >= 0.3 is 0 Å². The Balaban J connectivity index is 1.49. The lowest BCUT2D eigenvalue weighted by molar-refractivity contribution is -0.123. The van der Waals surface area contributed by atoms with Gasteiger partial charge < -0.3 is 5.32 Å². The van der Waals surface area contributed by atoms with E-state index >= 15 is 0 Å². The van der Waals surface area contributed by atoms with Gasteiger partial charge in [0.2, 0.25) is 0 Å². The van der Waals surface area contributed by atoms with Gasteiger partial charge in [-0.3, -0.25) is 14.6 Å². The van der Waals surface area contributed by atoms with Crippen molar-refractivity contribution in [1.29, 1.82) is 0 Å². The third-order valence-corrected chi connectivity index (χ3v) is 6.46. The smallest absolute Gasteiger partial charge is 0.154 e. The number of rotatable bonds is 7. The number of nitrogens with one attached hydrogen (secondary N) is 1. The number of Topliss-reactive ketones (excluding diaryl/α,β-unsaturated/α-hetero) is 1. The van der Waals surface area contributed by atoms with Crippen molar-refractivity contribution in [3.05, 3.63) is 59.9 Å². The van der Waals surface area contributed by atoms with Crippen LogP contribution in [0.15, 0.2) is 48.8 Å². The second-order valence-electron chi connectivity index (χ2n) is 8.91. The summed E-state index contributed by atoms with van der Waals surface area (Å²) in [5.74, 6) is 3.58. The fraction of sp³-hybridized carbons (Fsp3) is 0.370. The Labute approximate surface area is 196 Å². The molecule has 0 aliphatic carbocycles. The van der Waals surface area contributed by atoms with Crippen LogP contribution in [0.25, 0.3) is 10.9 Å². The molecule has 1 aliphatic heterocycles. The molecular formula is C27H31N5O. The molecule has 2 heterocycles. The number of benzene rings is 2. The standard InChI is InChI=1S/C27H31N5O/c1-5-21-7-6-8-23(15-21)30-27-24-16-22(9-10-25(24)28-18-29-27)17-26(33)20(4)32-13-11-31(12-14-32)19(2)3/h1,6-10,15-16,18-20H,11-14,17H2,2-4H3,(H,28,29,30). The Kier molecular flexibility index (Phi) is 7.02. The van der Waals surface area contributed by atoms with Crippen LogP contribution in [0.1, 0.15) is 31.9 Å². The van der Waals surface area contributed by atoms with Crippen molar-refractivity contribution in [3.63, 3.8) is 0 Å². The minimum Gasteiger partial charge on any atom is -0.340 e. The molecule has 0 bridgehead atoms. The van der Waals surface area contributed by atoms with Crippen molar-refractivity contribution in [2.45, 2.75) is 39.3 Å². The zero-order chi connectivity index (χ0) is 23.4. The molecule has 1 aromatic heterocycles. The molecule has 1 N–H and O–H groups in total. The Morgan fingerprint density at radius 1 is 1.06 bits per heavy atom. The zero-order valence-electron chi connectivity index (χ0n) is 19.6. The first-order chi connectivity index (χ1) is 15.9. The highest BCUT2D eigenvalue weighted by Crippen LogP contribution is 2.25. The first kappa shape index (κ1) is 22.9. The van der Waals surface area contributed by atoms with E-state index in [-0.39, 0.29) is 11.8 Å². The monoisotopic (exact) mass is 441 g/mol. The topological polar surface area (TPSA) is 61.4 Å². The largest absolute Gasteiger partial charge is 0.340 e. The Bertz CT molecular complexity index is 1170. The average molecular weight is 442 g/mol. The summed E-state index contributed by atoms with van der Waals surface area (Å²) < 4.78 is 0. The van der Waals surface area contributed by atoms with Crippen LogP contribution in [0, 0.1) is 12.3 Å². The number of aromatic nitrogens is 2. The van der Waals surface area contributed by atoms with Crippen LogP contribution in [0.3, 0.4) is 0 Å². The molecule has 1 fully saturated rings. The zero-order valence-corrected chi connectivity index (χ0v) is 19.6. The molecule has 1 unspecified atom stereocenters. The van der Waals surface area contributed by atoms with E-state index < -0.39 is 0 Å². The summed E-state index contributed by atoms with van der Waals surface area (Å²) in [5.41, 5.74) is 3.46. The molecule has 33 heavy (non-hydrogen) atoms. The van der Waals surface area contributed by atoms with E-state index in [1.165, 1.54) is 0 Å². The van der Waals surface area contributed by atoms with Gasteiger partial charge in [0.15, 0.2) is 5.78 Å². The number of nitrogens with zero attached hydrogens (tertiary/aromatic N) is 4. The predicted octanol–water partition coefficient (Wildman–Crippen LogP) is 3.88. The van der Waals surface area contributed by atoms with Crippen molar-refractivity contribution < 1.29 is 4.79 Å². The van der Waals surface area contributed by atoms with E-state index in [1.54, 1.807) is 6.33 Å². The van der Waals surface area contributed by atoms with Gasteiger partial charge in [0.25, 0.3) is 0 Å². The molecule has 1 aliphatic rings. The Morgan fingerprint density at radius 2 is 1.82 bits per heavy atom. The number of anilines is 2. The van der Waals surface area contributed by atoms with E-state index in [2.05, 4.69) is 44.9 Å². The SMILES string of the molecule is C#Cc1cccc(Nc2ncnc3ccc(CC(=O)C(C)N4CCN(C(C)C)CC4)cc23)c1. The first-order valence-electron chi connectivity index (χ1n) is 11.5. The molecule has 1 saturated heterocycles. The van der Waals surface area contributed by atoms with Gasteiger partial charge in [-0.2, -0.15) is 0 Å². The number of hydrogen-bond acceptors (Lipinski definition) is 6. The summed E-state index contributed by atoms with van der Waals surface area (Å²) in [6.07, 6.45) is 7.46. The molecule has 0 spiro atoms. The van der Waals surface area contributed by atoms with Crippen LogP contribution in [0.2, 0.25) is 0 Å². The highest BCUT2D eigenvalue weighted by Gasteiger charge is 2.26. The molecule has 3 aromatic rings. The van der Waals surface area contributed by atoms with Crippen molar-refractivity contribution in [2.75, 3.05) is 31.5 Å². The molecule has 0 amide bonds. The maximum absolute atomic E-state index is 13.1. The van der Waals surface area contributed by atoms with E-state index in [0.717, 1.165) is 53.9 Å². The second-order valence-corrected chi connectivity index (χ2v) is 8.91. The lowest BCUT2D eigenvalue weighted by Crippen LogP contribution is -2.53. The van der Waals surface area contributed by atoms with Gasteiger partial charge in [-0.05, 0) is 56.7 Å². The van der Waals surface area contributed by atoms with E-state index in [1.807, 2.05) is 49.4 Å². The number of terminal acetylenes is 1. The lowest BCUT2D eigenvalue weighted by Gasteiger charge is -2.39. The summed E-state index contributed by atoms with van der Waals surface area (Å²) in [4.78, 5) is 26.7. The Hall–Kier alpha value is -3.27.